The van der Waals surface area contributed by atoms with Crippen molar-refractivity contribution in [1.29, 1.82) is 0 Å². The van der Waals surface area contributed by atoms with Crippen LogP contribution in [0.4, 0.5) is 0 Å². The fourth-order valence-electron chi connectivity index (χ4n) is 2.37. The van der Waals surface area contributed by atoms with Gasteiger partial charge in [-0.3, -0.25) is 9.80 Å². The Bertz CT molecular complexity index is 417. The summed E-state index contributed by atoms with van der Waals surface area (Å²) in [7, 11) is 1.65. The average Bonchev–Trinajstić information content (AvgIpc) is 2.41. The zero-order valence-corrected chi connectivity index (χ0v) is 12.9. The molecule has 0 saturated carbocycles. The van der Waals surface area contributed by atoms with Gasteiger partial charge in [-0.05, 0) is 25.0 Å². The van der Waals surface area contributed by atoms with Crippen molar-refractivity contribution in [3.63, 3.8) is 0 Å². The number of pyridine rings is 1. The van der Waals surface area contributed by atoms with Crippen LogP contribution in [0.1, 0.15) is 18.1 Å². The van der Waals surface area contributed by atoms with Crippen LogP contribution in [-0.4, -0.2) is 53.4 Å². The fraction of sp³-hybridized carbons (Fsp3) is 0.643. The monoisotopic (exact) mass is 281 g/mol. The maximum Gasteiger partial charge on any atom is 0.213 e. The van der Waals surface area contributed by atoms with Gasteiger partial charge in [-0.15, -0.1) is 0 Å². The van der Waals surface area contributed by atoms with Crippen LogP contribution in [0.5, 0.6) is 5.88 Å². The molecule has 1 aliphatic rings. The van der Waals surface area contributed by atoms with E-state index in [-0.39, 0.29) is 0 Å². The number of hydrogen-bond acceptors (Lipinski definition) is 5. The van der Waals surface area contributed by atoms with Gasteiger partial charge in [0.15, 0.2) is 0 Å². The van der Waals surface area contributed by atoms with Crippen molar-refractivity contribution in [3.8, 4) is 5.88 Å². The van der Waals surface area contributed by atoms with Crippen LogP contribution < -0.4 is 4.74 Å². The maximum absolute atomic E-state index is 5.14. The summed E-state index contributed by atoms with van der Waals surface area (Å²) in [6.45, 7) is 9.59. The van der Waals surface area contributed by atoms with Crippen molar-refractivity contribution in [2.75, 3.05) is 33.3 Å². The smallest absolute Gasteiger partial charge is 0.213 e. The Morgan fingerprint density at radius 3 is 2.58 bits per heavy atom. The topological polar surface area (TPSA) is 28.6 Å². The summed E-state index contributed by atoms with van der Waals surface area (Å²) in [6.07, 6.45) is 1.93. The summed E-state index contributed by atoms with van der Waals surface area (Å²) in [5.41, 5.74) is 2.53. The minimum atomic E-state index is 0.353. The minimum Gasteiger partial charge on any atom is -0.481 e. The Balaban J connectivity index is 1.92. The molecule has 2 rings (SSSR count). The van der Waals surface area contributed by atoms with Crippen LogP contribution in [0.2, 0.25) is 0 Å². The van der Waals surface area contributed by atoms with Crippen molar-refractivity contribution < 1.29 is 4.74 Å². The third-order valence-electron chi connectivity index (χ3n) is 3.73. The standard InChI is InChI=1S/C14H23N3OS/c1-11-8-14(18-3)15-9-13(11)10-16-4-6-17(7-5-16)12(2)19/h8-9,12,19H,4-7,10H2,1-3H3. The summed E-state index contributed by atoms with van der Waals surface area (Å²) < 4.78 is 5.14. The van der Waals surface area contributed by atoms with Gasteiger partial charge in [0.1, 0.15) is 0 Å². The highest BCUT2D eigenvalue weighted by Crippen LogP contribution is 2.17. The number of methoxy groups -OCH3 is 1. The molecule has 1 aliphatic heterocycles. The SMILES string of the molecule is COc1cc(C)c(CN2CCN(C(C)S)CC2)cn1. The summed E-state index contributed by atoms with van der Waals surface area (Å²) in [6, 6.07) is 2.00. The van der Waals surface area contributed by atoms with Crippen LogP contribution in [0.15, 0.2) is 12.3 Å². The first kappa shape index (κ1) is 14.6. The molecule has 0 aromatic carbocycles. The van der Waals surface area contributed by atoms with E-state index < -0.39 is 0 Å². The van der Waals surface area contributed by atoms with Crippen molar-refractivity contribution in [2.24, 2.45) is 0 Å². The quantitative estimate of drug-likeness (QED) is 0.852. The Kier molecular flexibility index (Phi) is 5.07. The second-order valence-electron chi connectivity index (χ2n) is 5.10. The Hall–Kier alpha value is -0.780. The molecule has 0 spiro atoms. The summed E-state index contributed by atoms with van der Waals surface area (Å²) in [4.78, 5) is 9.17. The van der Waals surface area contributed by atoms with E-state index in [0.29, 0.717) is 11.3 Å². The Morgan fingerprint density at radius 1 is 1.37 bits per heavy atom. The molecule has 0 bridgehead atoms. The Labute approximate surface area is 121 Å². The van der Waals surface area contributed by atoms with E-state index in [1.807, 2.05) is 12.3 Å². The molecule has 5 heteroatoms. The van der Waals surface area contributed by atoms with Crippen LogP contribution in [0.25, 0.3) is 0 Å². The molecule has 1 saturated heterocycles. The van der Waals surface area contributed by atoms with E-state index in [1.165, 1.54) is 11.1 Å². The van der Waals surface area contributed by atoms with Crippen LogP contribution in [0.3, 0.4) is 0 Å². The number of piperazine rings is 1. The third kappa shape index (κ3) is 3.84. The van der Waals surface area contributed by atoms with Gasteiger partial charge in [-0.25, -0.2) is 4.98 Å². The lowest BCUT2D eigenvalue weighted by Gasteiger charge is -2.36. The molecule has 1 atom stereocenters. The summed E-state index contributed by atoms with van der Waals surface area (Å²) in [5.74, 6) is 0.690. The van der Waals surface area contributed by atoms with E-state index in [0.717, 1.165) is 32.7 Å². The van der Waals surface area contributed by atoms with Crippen LogP contribution in [-0.2, 0) is 6.54 Å². The molecule has 0 N–H and O–H groups in total. The van der Waals surface area contributed by atoms with E-state index >= 15 is 0 Å². The van der Waals surface area contributed by atoms with E-state index in [2.05, 4.69) is 41.3 Å². The van der Waals surface area contributed by atoms with Gasteiger partial charge >= 0.3 is 0 Å². The second kappa shape index (κ2) is 6.59. The second-order valence-corrected chi connectivity index (χ2v) is 5.84. The number of aromatic nitrogens is 1. The number of hydrogen-bond donors (Lipinski definition) is 1. The van der Waals surface area contributed by atoms with Crippen molar-refractivity contribution >= 4 is 12.6 Å². The van der Waals surface area contributed by atoms with Gasteiger partial charge in [0, 0.05) is 50.4 Å². The van der Waals surface area contributed by atoms with Crippen molar-refractivity contribution in [3.05, 3.63) is 23.4 Å². The largest absolute Gasteiger partial charge is 0.481 e. The molecule has 106 valence electrons. The van der Waals surface area contributed by atoms with Gasteiger partial charge < -0.3 is 4.74 Å². The first-order valence-electron chi connectivity index (χ1n) is 6.74. The number of aryl methyl sites for hydroxylation is 1. The van der Waals surface area contributed by atoms with Crippen LogP contribution in [0, 0.1) is 6.92 Å². The molecule has 1 fully saturated rings. The first-order chi connectivity index (χ1) is 9.10. The van der Waals surface area contributed by atoms with Gasteiger partial charge in [0.25, 0.3) is 0 Å². The average molecular weight is 281 g/mol. The molecule has 19 heavy (non-hydrogen) atoms. The van der Waals surface area contributed by atoms with E-state index in [1.54, 1.807) is 7.11 Å². The van der Waals surface area contributed by atoms with Gasteiger partial charge in [-0.2, -0.15) is 12.6 Å². The highest BCUT2D eigenvalue weighted by Gasteiger charge is 2.19. The molecule has 0 amide bonds. The molecule has 0 radical (unpaired) electrons. The van der Waals surface area contributed by atoms with Crippen LogP contribution >= 0.6 is 12.6 Å². The first-order valence-corrected chi connectivity index (χ1v) is 7.26. The molecule has 2 heterocycles. The molecule has 1 aromatic heterocycles. The van der Waals surface area contributed by atoms with E-state index in [4.69, 9.17) is 4.74 Å². The van der Waals surface area contributed by atoms with Gasteiger partial charge in [-0.1, -0.05) is 0 Å². The Morgan fingerprint density at radius 2 is 2.05 bits per heavy atom. The molecule has 4 nitrogen and oxygen atoms in total. The zero-order chi connectivity index (χ0) is 13.8. The third-order valence-corrected chi connectivity index (χ3v) is 4.06. The van der Waals surface area contributed by atoms with Gasteiger partial charge in [0.05, 0.1) is 7.11 Å². The predicted octanol–water partition coefficient (Wildman–Crippen LogP) is 1.79. The summed E-state index contributed by atoms with van der Waals surface area (Å²) in [5, 5.41) is 0.353. The maximum atomic E-state index is 5.14. The lowest BCUT2D eigenvalue weighted by Crippen LogP contribution is -2.47. The highest BCUT2D eigenvalue weighted by molar-refractivity contribution is 7.80. The zero-order valence-electron chi connectivity index (χ0n) is 12.0. The molecular formula is C14H23N3OS. The minimum absolute atomic E-state index is 0.353. The van der Waals surface area contributed by atoms with E-state index in [9.17, 15) is 0 Å². The lowest BCUT2D eigenvalue weighted by atomic mass is 10.1. The number of ether oxygens (including phenoxy) is 1. The molecule has 0 aliphatic carbocycles. The number of nitrogens with zero attached hydrogens (tertiary/aromatic N) is 3. The predicted molar refractivity (Wildman–Crippen MR) is 80.8 cm³/mol. The van der Waals surface area contributed by atoms with Gasteiger partial charge in [0.2, 0.25) is 5.88 Å². The van der Waals surface area contributed by atoms with Crippen molar-refractivity contribution in [2.45, 2.75) is 25.8 Å². The molecule has 1 aromatic rings. The number of rotatable bonds is 4. The lowest BCUT2D eigenvalue weighted by molar-refractivity contribution is 0.123. The summed E-state index contributed by atoms with van der Waals surface area (Å²) >= 11 is 4.49. The number of thiol groups is 1. The fourth-order valence-corrected chi connectivity index (χ4v) is 2.60. The normalized spacial score (nSPS) is 19.4. The highest BCUT2D eigenvalue weighted by atomic mass is 32.1. The molecular weight excluding hydrogens is 258 g/mol. The van der Waals surface area contributed by atoms with Crippen molar-refractivity contribution in [1.82, 2.24) is 14.8 Å². The molecule has 1 unspecified atom stereocenters.